The second kappa shape index (κ2) is 4.12. The fourth-order valence-electron chi connectivity index (χ4n) is 2.17. The van der Waals surface area contributed by atoms with Gasteiger partial charge in [0.2, 0.25) is 5.91 Å². The van der Waals surface area contributed by atoms with Crippen molar-refractivity contribution in [1.29, 1.82) is 0 Å². The second-order valence-corrected chi connectivity index (χ2v) is 4.92. The quantitative estimate of drug-likeness (QED) is 0.714. The molecule has 2 unspecified atom stereocenters. The molecular weight excluding hydrogens is 162 g/mol. The van der Waals surface area contributed by atoms with Crippen LogP contribution in [0, 0.1) is 17.8 Å². The number of rotatable bonds is 3. The van der Waals surface area contributed by atoms with Gasteiger partial charge in [-0.3, -0.25) is 4.79 Å². The molecule has 2 atom stereocenters. The van der Waals surface area contributed by atoms with Crippen molar-refractivity contribution in [3.63, 3.8) is 0 Å². The summed E-state index contributed by atoms with van der Waals surface area (Å²) in [4.78, 5) is 11.2. The lowest BCUT2D eigenvalue weighted by molar-refractivity contribution is -0.119. The molecule has 0 aliphatic carbocycles. The Hall–Kier alpha value is -0.530. The average molecular weight is 183 g/mol. The molecule has 1 aliphatic rings. The number of amides is 1. The predicted octanol–water partition coefficient (Wildman–Crippen LogP) is 2.19. The van der Waals surface area contributed by atoms with Crippen LogP contribution in [0.25, 0.3) is 0 Å². The molecule has 1 fully saturated rings. The van der Waals surface area contributed by atoms with Gasteiger partial charge < -0.3 is 5.32 Å². The molecule has 1 N–H and O–H groups in total. The molecule has 2 heteroatoms. The van der Waals surface area contributed by atoms with E-state index in [1.54, 1.807) is 0 Å². The third-order valence-corrected chi connectivity index (χ3v) is 2.87. The van der Waals surface area contributed by atoms with Gasteiger partial charge in [0.15, 0.2) is 0 Å². The Morgan fingerprint density at radius 3 is 2.46 bits per heavy atom. The van der Waals surface area contributed by atoms with Gasteiger partial charge in [-0.25, -0.2) is 0 Å². The molecule has 0 aromatic rings. The van der Waals surface area contributed by atoms with E-state index in [1.165, 1.54) is 0 Å². The highest BCUT2D eigenvalue weighted by molar-refractivity contribution is 5.79. The zero-order chi connectivity index (χ0) is 10.0. The highest BCUT2D eigenvalue weighted by atomic mass is 16.2. The van der Waals surface area contributed by atoms with E-state index < -0.39 is 0 Å². The minimum Gasteiger partial charge on any atom is -0.353 e. The van der Waals surface area contributed by atoms with E-state index in [0.29, 0.717) is 23.8 Å². The van der Waals surface area contributed by atoms with Crippen LogP contribution in [0.5, 0.6) is 0 Å². The normalized spacial score (nSPS) is 28.6. The van der Waals surface area contributed by atoms with Crippen molar-refractivity contribution in [3.05, 3.63) is 0 Å². The monoisotopic (exact) mass is 183 g/mol. The number of nitrogens with one attached hydrogen (secondary N) is 1. The van der Waals surface area contributed by atoms with Gasteiger partial charge in [0.05, 0.1) is 0 Å². The molecule has 0 saturated carbocycles. The first-order valence-corrected chi connectivity index (χ1v) is 5.30. The summed E-state index contributed by atoms with van der Waals surface area (Å²) in [6.07, 6.45) is 1.85. The number of carbonyl (C=O) groups excluding carboxylic acids is 1. The molecule has 1 heterocycles. The van der Waals surface area contributed by atoms with Crippen LogP contribution in [-0.2, 0) is 4.79 Å². The van der Waals surface area contributed by atoms with Crippen LogP contribution in [0.3, 0.4) is 0 Å². The number of hydrogen-bond acceptors (Lipinski definition) is 1. The maximum atomic E-state index is 11.2. The zero-order valence-electron chi connectivity index (χ0n) is 9.13. The molecule has 76 valence electrons. The molecule has 1 rings (SSSR count). The average Bonchev–Trinajstić information content (AvgIpc) is 2.29. The van der Waals surface area contributed by atoms with Crippen LogP contribution in [0.4, 0.5) is 0 Å². The molecular formula is C11H21NO. The Labute approximate surface area is 81.1 Å². The first kappa shape index (κ1) is 10.6. The summed E-state index contributed by atoms with van der Waals surface area (Å²) in [6.45, 7) is 8.83. The summed E-state index contributed by atoms with van der Waals surface area (Å²) in [5, 5.41) is 3.08. The van der Waals surface area contributed by atoms with Crippen LogP contribution in [0.1, 0.15) is 40.5 Å². The van der Waals surface area contributed by atoms with E-state index >= 15 is 0 Å². The van der Waals surface area contributed by atoms with Gasteiger partial charge in [0.25, 0.3) is 0 Å². The van der Waals surface area contributed by atoms with E-state index in [9.17, 15) is 4.79 Å². The van der Waals surface area contributed by atoms with E-state index in [-0.39, 0.29) is 5.91 Å². The van der Waals surface area contributed by atoms with E-state index in [1.807, 2.05) is 0 Å². The zero-order valence-corrected chi connectivity index (χ0v) is 9.13. The fraction of sp³-hybridized carbons (Fsp3) is 0.909. The van der Waals surface area contributed by atoms with Crippen LogP contribution in [-0.4, -0.2) is 11.9 Å². The van der Waals surface area contributed by atoms with Crippen LogP contribution in [0.15, 0.2) is 0 Å². The predicted molar refractivity (Wildman–Crippen MR) is 54.3 cm³/mol. The molecule has 2 nitrogen and oxygen atoms in total. The summed E-state index contributed by atoms with van der Waals surface area (Å²) in [5.74, 6) is 2.08. The summed E-state index contributed by atoms with van der Waals surface area (Å²) in [5.41, 5.74) is 0. The van der Waals surface area contributed by atoms with Gasteiger partial charge in [-0.05, 0) is 24.2 Å². The van der Waals surface area contributed by atoms with Crippen molar-refractivity contribution in [2.24, 2.45) is 17.8 Å². The van der Waals surface area contributed by atoms with Crippen molar-refractivity contribution in [2.45, 2.75) is 46.6 Å². The molecule has 1 aliphatic heterocycles. The van der Waals surface area contributed by atoms with Gasteiger partial charge in [-0.1, -0.05) is 27.7 Å². The van der Waals surface area contributed by atoms with E-state index in [2.05, 4.69) is 33.0 Å². The van der Waals surface area contributed by atoms with Crippen LogP contribution >= 0.6 is 0 Å². The maximum Gasteiger partial charge on any atom is 0.220 e. The largest absolute Gasteiger partial charge is 0.353 e. The Kier molecular flexibility index (Phi) is 3.34. The summed E-state index contributed by atoms with van der Waals surface area (Å²) < 4.78 is 0. The SMILES string of the molecule is CC(C)CC1NC(=O)CC1C(C)C. The van der Waals surface area contributed by atoms with Crippen molar-refractivity contribution in [2.75, 3.05) is 0 Å². The summed E-state index contributed by atoms with van der Waals surface area (Å²) >= 11 is 0. The highest BCUT2D eigenvalue weighted by Crippen LogP contribution is 2.28. The van der Waals surface area contributed by atoms with E-state index in [0.717, 1.165) is 12.8 Å². The molecule has 1 amide bonds. The smallest absolute Gasteiger partial charge is 0.220 e. The number of hydrogen-bond donors (Lipinski definition) is 1. The fourth-order valence-corrected chi connectivity index (χ4v) is 2.17. The third-order valence-electron chi connectivity index (χ3n) is 2.87. The Morgan fingerprint density at radius 1 is 1.38 bits per heavy atom. The Bertz CT molecular complexity index is 187. The lowest BCUT2D eigenvalue weighted by atomic mass is 9.85. The molecule has 0 aromatic heterocycles. The van der Waals surface area contributed by atoms with Crippen LogP contribution in [0.2, 0.25) is 0 Å². The van der Waals surface area contributed by atoms with Crippen LogP contribution < -0.4 is 5.32 Å². The Balaban J connectivity index is 2.55. The summed E-state index contributed by atoms with van der Waals surface area (Å²) in [6, 6.07) is 0.424. The summed E-state index contributed by atoms with van der Waals surface area (Å²) in [7, 11) is 0. The Morgan fingerprint density at radius 2 is 2.00 bits per heavy atom. The van der Waals surface area contributed by atoms with Gasteiger partial charge in [-0.2, -0.15) is 0 Å². The standard InChI is InChI=1S/C11H21NO/c1-7(2)5-10-9(8(3)4)6-11(13)12-10/h7-10H,5-6H2,1-4H3,(H,12,13). The molecule has 0 bridgehead atoms. The van der Waals surface area contributed by atoms with Gasteiger partial charge in [0, 0.05) is 12.5 Å². The van der Waals surface area contributed by atoms with Crippen molar-refractivity contribution in [3.8, 4) is 0 Å². The lowest BCUT2D eigenvalue weighted by Gasteiger charge is -2.23. The van der Waals surface area contributed by atoms with Crippen molar-refractivity contribution < 1.29 is 4.79 Å². The molecule has 0 spiro atoms. The molecule has 1 saturated heterocycles. The molecule has 13 heavy (non-hydrogen) atoms. The maximum absolute atomic E-state index is 11.2. The first-order chi connectivity index (χ1) is 6.00. The highest BCUT2D eigenvalue weighted by Gasteiger charge is 2.34. The molecule has 0 aromatic carbocycles. The molecule has 0 radical (unpaired) electrons. The topological polar surface area (TPSA) is 29.1 Å². The van der Waals surface area contributed by atoms with E-state index in [4.69, 9.17) is 0 Å². The second-order valence-electron chi connectivity index (χ2n) is 4.92. The van der Waals surface area contributed by atoms with Crippen molar-refractivity contribution in [1.82, 2.24) is 5.32 Å². The minimum absolute atomic E-state index is 0.240. The van der Waals surface area contributed by atoms with Gasteiger partial charge in [0.1, 0.15) is 0 Å². The van der Waals surface area contributed by atoms with Gasteiger partial charge >= 0.3 is 0 Å². The van der Waals surface area contributed by atoms with Crippen molar-refractivity contribution >= 4 is 5.91 Å². The first-order valence-electron chi connectivity index (χ1n) is 5.30. The lowest BCUT2D eigenvalue weighted by Crippen LogP contribution is -2.32. The number of carbonyl (C=O) groups is 1. The third kappa shape index (κ3) is 2.71. The minimum atomic E-state index is 0.240. The van der Waals surface area contributed by atoms with Gasteiger partial charge in [-0.15, -0.1) is 0 Å².